The molecule has 3 aliphatic rings. The largest absolute Gasteiger partial charge is 0.335 e. The topological polar surface area (TPSA) is 73.0 Å². The highest BCUT2D eigenvalue weighted by molar-refractivity contribution is 6.05. The number of carbonyl (C=O) groups excluding carboxylic acids is 3. The zero-order valence-electron chi connectivity index (χ0n) is 13.8. The summed E-state index contributed by atoms with van der Waals surface area (Å²) in [5.74, 6) is -0.229. The van der Waals surface area contributed by atoms with Gasteiger partial charge in [-0.25, -0.2) is 4.79 Å². The normalized spacial score (nSPS) is 27.6. The standard InChI is InChI=1S/C16H26N4O3/c1-18-14(21)11-13(15(18)22)19-7-9-20(10-8-19)16(23)17-12-5-3-2-4-6-12/h12-13H,2-11H2,1H3,(H,17,23). The van der Waals surface area contributed by atoms with Crippen molar-refractivity contribution < 1.29 is 14.4 Å². The van der Waals surface area contributed by atoms with Gasteiger partial charge in [-0.2, -0.15) is 0 Å². The average molecular weight is 322 g/mol. The van der Waals surface area contributed by atoms with Crippen molar-refractivity contribution in [2.45, 2.75) is 50.6 Å². The van der Waals surface area contributed by atoms with E-state index in [9.17, 15) is 14.4 Å². The summed E-state index contributed by atoms with van der Waals surface area (Å²) in [7, 11) is 1.54. The maximum atomic E-state index is 12.3. The first-order valence-electron chi connectivity index (χ1n) is 8.66. The van der Waals surface area contributed by atoms with Crippen molar-refractivity contribution in [2.24, 2.45) is 0 Å². The summed E-state index contributed by atoms with van der Waals surface area (Å²) in [6, 6.07) is -0.00416. The minimum atomic E-state index is -0.337. The lowest BCUT2D eigenvalue weighted by molar-refractivity contribution is -0.138. The number of piperazine rings is 1. The summed E-state index contributed by atoms with van der Waals surface area (Å²) in [6.07, 6.45) is 6.10. The maximum absolute atomic E-state index is 12.3. The first-order chi connectivity index (χ1) is 11.1. The Hall–Kier alpha value is -1.63. The second-order valence-electron chi connectivity index (χ2n) is 6.82. The minimum absolute atomic E-state index is 0.0162. The third-order valence-corrected chi connectivity index (χ3v) is 5.33. The number of carbonyl (C=O) groups is 3. The molecule has 7 heteroatoms. The van der Waals surface area contributed by atoms with E-state index >= 15 is 0 Å². The summed E-state index contributed by atoms with van der Waals surface area (Å²) in [6.45, 7) is 2.52. The Morgan fingerprint density at radius 2 is 1.70 bits per heavy atom. The van der Waals surface area contributed by atoms with E-state index in [0.29, 0.717) is 32.2 Å². The number of rotatable bonds is 2. The maximum Gasteiger partial charge on any atom is 0.317 e. The van der Waals surface area contributed by atoms with E-state index in [2.05, 4.69) is 5.32 Å². The van der Waals surface area contributed by atoms with Crippen molar-refractivity contribution in [1.29, 1.82) is 0 Å². The number of hydrogen-bond acceptors (Lipinski definition) is 4. The fourth-order valence-corrected chi connectivity index (χ4v) is 3.77. The van der Waals surface area contributed by atoms with Crippen LogP contribution in [0.15, 0.2) is 0 Å². The molecule has 0 bridgehead atoms. The highest BCUT2D eigenvalue weighted by atomic mass is 16.2. The Morgan fingerprint density at radius 1 is 1.04 bits per heavy atom. The van der Waals surface area contributed by atoms with E-state index in [0.717, 1.165) is 12.8 Å². The number of urea groups is 1. The predicted octanol–water partition coefficient (Wildman–Crippen LogP) is 0.404. The third kappa shape index (κ3) is 3.49. The zero-order chi connectivity index (χ0) is 16.4. The predicted molar refractivity (Wildman–Crippen MR) is 84.7 cm³/mol. The van der Waals surface area contributed by atoms with E-state index in [-0.39, 0.29) is 30.3 Å². The van der Waals surface area contributed by atoms with Crippen molar-refractivity contribution in [2.75, 3.05) is 33.2 Å². The second kappa shape index (κ2) is 6.86. The number of likely N-dealkylation sites (tertiary alicyclic amines) is 1. The van der Waals surface area contributed by atoms with Crippen LogP contribution in [0.3, 0.4) is 0 Å². The van der Waals surface area contributed by atoms with Gasteiger partial charge in [0.2, 0.25) is 11.8 Å². The first kappa shape index (κ1) is 16.2. The van der Waals surface area contributed by atoms with Gasteiger partial charge in [0.1, 0.15) is 0 Å². The van der Waals surface area contributed by atoms with E-state index in [1.54, 1.807) is 7.05 Å². The second-order valence-corrected chi connectivity index (χ2v) is 6.82. The minimum Gasteiger partial charge on any atom is -0.335 e. The third-order valence-electron chi connectivity index (χ3n) is 5.33. The fraction of sp³-hybridized carbons (Fsp3) is 0.812. The highest BCUT2D eigenvalue weighted by Gasteiger charge is 2.41. The number of nitrogens with zero attached hydrogens (tertiary/aromatic N) is 3. The summed E-state index contributed by atoms with van der Waals surface area (Å²) in [5, 5.41) is 3.14. The molecule has 3 fully saturated rings. The molecule has 2 saturated heterocycles. The summed E-state index contributed by atoms with van der Waals surface area (Å²) in [4.78, 5) is 41.1. The molecule has 0 aromatic heterocycles. The van der Waals surface area contributed by atoms with Gasteiger partial charge in [-0.15, -0.1) is 0 Å². The molecule has 0 aromatic rings. The van der Waals surface area contributed by atoms with Gasteiger partial charge in [0.15, 0.2) is 0 Å². The summed E-state index contributed by atoms with van der Waals surface area (Å²) in [5.41, 5.74) is 0. The molecule has 128 valence electrons. The SMILES string of the molecule is CN1C(=O)CC(N2CCN(C(=O)NC3CCCCC3)CC2)C1=O. The molecule has 3 rings (SSSR count). The quantitative estimate of drug-likeness (QED) is 0.747. The van der Waals surface area contributed by atoms with E-state index in [1.807, 2.05) is 9.80 Å². The lowest BCUT2D eigenvalue weighted by Crippen LogP contribution is -2.56. The summed E-state index contributed by atoms with van der Waals surface area (Å²) >= 11 is 0. The van der Waals surface area contributed by atoms with Gasteiger partial charge in [0.05, 0.1) is 12.5 Å². The lowest BCUT2D eigenvalue weighted by atomic mass is 9.96. The van der Waals surface area contributed by atoms with Gasteiger partial charge in [0, 0.05) is 39.3 Å². The van der Waals surface area contributed by atoms with Crippen molar-refractivity contribution in [1.82, 2.24) is 20.0 Å². The lowest BCUT2D eigenvalue weighted by Gasteiger charge is -2.37. The number of amides is 4. The van der Waals surface area contributed by atoms with E-state index in [4.69, 9.17) is 0 Å². The Kier molecular flexibility index (Phi) is 4.84. The smallest absolute Gasteiger partial charge is 0.317 e. The Bertz CT molecular complexity index is 482. The van der Waals surface area contributed by atoms with Crippen LogP contribution in [0.25, 0.3) is 0 Å². The molecule has 1 unspecified atom stereocenters. The molecule has 1 atom stereocenters. The molecule has 4 amide bonds. The molecule has 1 saturated carbocycles. The fourth-order valence-electron chi connectivity index (χ4n) is 3.77. The van der Waals surface area contributed by atoms with Crippen LogP contribution in [0.5, 0.6) is 0 Å². The molecular formula is C16H26N4O3. The van der Waals surface area contributed by atoms with Crippen LogP contribution in [0.1, 0.15) is 38.5 Å². The Morgan fingerprint density at radius 3 is 2.26 bits per heavy atom. The van der Waals surface area contributed by atoms with Crippen LogP contribution >= 0.6 is 0 Å². The molecule has 23 heavy (non-hydrogen) atoms. The van der Waals surface area contributed by atoms with Gasteiger partial charge >= 0.3 is 6.03 Å². The van der Waals surface area contributed by atoms with Gasteiger partial charge in [0.25, 0.3) is 0 Å². The van der Waals surface area contributed by atoms with Crippen molar-refractivity contribution in [3.8, 4) is 0 Å². The first-order valence-corrected chi connectivity index (χ1v) is 8.66. The number of hydrogen-bond donors (Lipinski definition) is 1. The summed E-state index contributed by atoms with van der Waals surface area (Å²) < 4.78 is 0. The van der Waals surface area contributed by atoms with Gasteiger partial charge in [-0.1, -0.05) is 19.3 Å². The average Bonchev–Trinajstić information content (AvgIpc) is 2.83. The van der Waals surface area contributed by atoms with Gasteiger partial charge in [-0.05, 0) is 12.8 Å². The van der Waals surface area contributed by atoms with Crippen molar-refractivity contribution in [3.63, 3.8) is 0 Å². The van der Waals surface area contributed by atoms with Crippen LogP contribution in [-0.2, 0) is 9.59 Å². The monoisotopic (exact) mass is 322 g/mol. The molecule has 1 N–H and O–H groups in total. The van der Waals surface area contributed by atoms with E-state index < -0.39 is 0 Å². The van der Waals surface area contributed by atoms with Crippen LogP contribution in [0, 0.1) is 0 Å². The molecule has 2 aliphatic heterocycles. The van der Waals surface area contributed by atoms with Crippen molar-refractivity contribution in [3.05, 3.63) is 0 Å². The molecular weight excluding hydrogens is 296 g/mol. The Balaban J connectivity index is 1.47. The van der Waals surface area contributed by atoms with Crippen LogP contribution in [-0.4, -0.2) is 77.9 Å². The number of imide groups is 1. The van der Waals surface area contributed by atoms with Gasteiger partial charge in [-0.3, -0.25) is 19.4 Å². The van der Waals surface area contributed by atoms with Crippen LogP contribution < -0.4 is 5.32 Å². The zero-order valence-corrected chi connectivity index (χ0v) is 13.8. The Labute approximate surface area is 137 Å². The highest BCUT2D eigenvalue weighted by Crippen LogP contribution is 2.20. The number of likely N-dealkylation sites (N-methyl/N-ethyl adjacent to an activating group) is 1. The molecule has 0 aromatic carbocycles. The van der Waals surface area contributed by atoms with Crippen molar-refractivity contribution >= 4 is 17.8 Å². The van der Waals surface area contributed by atoms with Crippen LogP contribution in [0.2, 0.25) is 0 Å². The number of nitrogens with one attached hydrogen (secondary N) is 1. The van der Waals surface area contributed by atoms with E-state index in [1.165, 1.54) is 24.2 Å². The molecule has 7 nitrogen and oxygen atoms in total. The molecule has 0 radical (unpaired) electrons. The molecule has 1 aliphatic carbocycles. The molecule has 0 spiro atoms. The van der Waals surface area contributed by atoms with Gasteiger partial charge < -0.3 is 10.2 Å². The van der Waals surface area contributed by atoms with Crippen LogP contribution in [0.4, 0.5) is 4.79 Å². The molecule has 2 heterocycles.